The minimum Gasteiger partial charge on any atom is -0.391 e. The number of halogens is 1. The molecule has 1 aliphatic rings. The summed E-state index contributed by atoms with van der Waals surface area (Å²) in [7, 11) is 0. The summed E-state index contributed by atoms with van der Waals surface area (Å²) >= 11 is 3.54. The van der Waals surface area contributed by atoms with Gasteiger partial charge in [-0.25, -0.2) is 0 Å². The zero-order valence-corrected chi connectivity index (χ0v) is 10.9. The van der Waals surface area contributed by atoms with Crippen LogP contribution in [0.3, 0.4) is 0 Å². The molecule has 1 saturated heterocycles. The highest BCUT2D eigenvalue weighted by Crippen LogP contribution is 2.29. The van der Waals surface area contributed by atoms with E-state index in [0.717, 1.165) is 35.2 Å². The van der Waals surface area contributed by atoms with E-state index in [1.165, 1.54) is 0 Å². The molecule has 0 radical (unpaired) electrons. The van der Waals surface area contributed by atoms with Crippen LogP contribution in [0.15, 0.2) is 22.7 Å². The topological polar surface area (TPSA) is 49.5 Å². The van der Waals surface area contributed by atoms with Crippen LogP contribution in [0.4, 0.5) is 5.69 Å². The van der Waals surface area contributed by atoms with Crippen LogP contribution in [0.5, 0.6) is 0 Å². The lowest BCUT2D eigenvalue weighted by Gasteiger charge is -2.19. The van der Waals surface area contributed by atoms with E-state index < -0.39 is 0 Å². The average molecular weight is 285 g/mol. The van der Waals surface area contributed by atoms with E-state index in [4.69, 9.17) is 5.73 Å². The SMILES string of the molecule is CC(N)c1ccc(N2CCC(O)C2)cc1Br. The number of hydrogen-bond donors (Lipinski definition) is 2. The highest BCUT2D eigenvalue weighted by atomic mass is 79.9. The zero-order valence-electron chi connectivity index (χ0n) is 9.36. The van der Waals surface area contributed by atoms with Crippen LogP contribution in [0.2, 0.25) is 0 Å². The Balaban J connectivity index is 2.21. The van der Waals surface area contributed by atoms with E-state index in [1.807, 2.05) is 6.92 Å². The first-order chi connectivity index (χ1) is 7.58. The number of benzene rings is 1. The summed E-state index contributed by atoms with van der Waals surface area (Å²) in [4.78, 5) is 2.19. The van der Waals surface area contributed by atoms with Gasteiger partial charge in [0.1, 0.15) is 0 Å². The van der Waals surface area contributed by atoms with Crippen molar-refractivity contribution >= 4 is 21.6 Å². The lowest BCUT2D eigenvalue weighted by Crippen LogP contribution is -2.21. The van der Waals surface area contributed by atoms with Crippen LogP contribution in [0.25, 0.3) is 0 Å². The first-order valence-electron chi connectivity index (χ1n) is 5.56. The van der Waals surface area contributed by atoms with Gasteiger partial charge in [0.25, 0.3) is 0 Å². The number of nitrogens with zero attached hydrogens (tertiary/aromatic N) is 1. The first kappa shape index (κ1) is 11.9. The Labute approximate surface area is 104 Å². The Hall–Kier alpha value is -0.580. The maximum atomic E-state index is 9.50. The van der Waals surface area contributed by atoms with Crippen molar-refractivity contribution in [3.05, 3.63) is 28.2 Å². The van der Waals surface area contributed by atoms with E-state index in [0.29, 0.717) is 0 Å². The maximum absolute atomic E-state index is 9.50. The summed E-state index contributed by atoms with van der Waals surface area (Å²) in [5, 5.41) is 9.50. The highest BCUT2D eigenvalue weighted by Gasteiger charge is 2.20. The van der Waals surface area contributed by atoms with Gasteiger partial charge in [0, 0.05) is 29.3 Å². The standard InChI is InChI=1S/C12H17BrN2O/c1-8(14)11-3-2-9(6-12(11)13)15-5-4-10(16)7-15/h2-3,6,8,10,16H,4-5,7,14H2,1H3. The second-order valence-electron chi connectivity index (χ2n) is 4.38. The van der Waals surface area contributed by atoms with Crippen LogP contribution in [0.1, 0.15) is 24.9 Å². The smallest absolute Gasteiger partial charge is 0.0731 e. The number of nitrogens with two attached hydrogens (primary N) is 1. The second kappa shape index (κ2) is 4.73. The van der Waals surface area contributed by atoms with Crippen LogP contribution < -0.4 is 10.6 Å². The number of anilines is 1. The molecule has 0 aromatic heterocycles. The van der Waals surface area contributed by atoms with E-state index in [9.17, 15) is 5.11 Å². The molecule has 0 saturated carbocycles. The minimum absolute atomic E-state index is 0.0348. The van der Waals surface area contributed by atoms with Gasteiger partial charge in [-0.15, -0.1) is 0 Å². The monoisotopic (exact) mass is 284 g/mol. The summed E-state index contributed by atoms with van der Waals surface area (Å²) in [6, 6.07) is 6.24. The molecule has 1 fully saturated rings. The van der Waals surface area contributed by atoms with Crippen LogP contribution in [-0.2, 0) is 0 Å². The molecule has 0 bridgehead atoms. The fourth-order valence-electron chi connectivity index (χ4n) is 2.06. The predicted octanol–water partition coefficient (Wildman–Crippen LogP) is 2.04. The third-order valence-corrected chi connectivity index (χ3v) is 3.69. The van der Waals surface area contributed by atoms with Crippen molar-refractivity contribution in [3.63, 3.8) is 0 Å². The quantitative estimate of drug-likeness (QED) is 0.874. The van der Waals surface area contributed by atoms with Gasteiger partial charge in [0.2, 0.25) is 0 Å². The van der Waals surface area contributed by atoms with Gasteiger partial charge in [-0.2, -0.15) is 0 Å². The highest BCUT2D eigenvalue weighted by molar-refractivity contribution is 9.10. The Kier molecular flexibility index (Phi) is 3.52. The van der Waals surface area contributed by atoms with Crippen molar-refractivity contribution in [2.75, 3.05) is 18.0 Å². The molecule has 1 aromatic carbocycles. The van der Waals surface area contributed by atoms with Crippen LogP contribution in [-0.4, -0.2) is 24.3 Å². The van der Waals surface area contributed by atoms with Gasteiger partial charge < -0.3 is 15.7 Å². The van der Waals surface area contributed by atoms with Crippen molar-refractivity contribution in [3.8, 4) is 0 Å². The molecule has 0 spiro atoms. The molecule has 1 aromatic rings. The van der Waals surface area contributed by atoms with Gasteiger partial charge in [-0.1, -0.05) is 22.0 Å². The van der Waals surface area contributed by atoms with Crippen LogP contribution in [0, 0.1) is 0 Å². The molecule has 1 heterocycles. The van der Waals surface area contributed by atoms with Gasteiger partial charge in [0.15, 0.2) is 0 Å². The Morgan fingerprint density at radius 1 is 1.56 bits per heavy atom. The fourth-order valence-corrected chi connectivity index (χ4v) is 2.79. The summed E-state index contributed by atoms with van der Waals surface area (Å²) in [5.41, 5.74) is 8.12. The minimum atomic E-state index is -0.188. The molecule has 2 unspecified atom stereocenters. The summed E-state index contributed by atoms with van der Waals surface area (Å²) < 4.78 is 1.04. The molecule has 4 heteroatoms. The third kappa shape index (κ3) is 2.39. The molecule has 2 rings (SSSR count). The number of rotatable bonds is 2. The lowest BCUT2D eigenvalue weighted by atomic mass is 10.1. The Bertz CT molecular complexity index is 381. The number of β-amino-alcohol motifs (C(OH)–C–C–N with tert-alkyl or cyclic N) is 1. The van der Waals surface area contributed by atoms with Crippen molar-refractivity contribution in [2.24, 2.45) is 5.73 Å². The Morgan fingerprint density at radius 3 is 2.81 bits per heavy atom. The molecular formula is C12H17BrN2O. The zero-order chi connectivity index (χ0) is 11.7. The Morgan fingerprint density at radius 2 is 2.31 bits per heavy atom. The molecule has 0 amide bonds. The first-order valence-corrected chi connectivity index (χ1v) is 6.35. The van der Waals surface area contributed by atoms with Crippen LogP contribution >= 0.6 is 15.9 Å². The molecule has 3 N–H and O–H groups in total. The summed E-state index contributed by atoms with van der Waals surface area (Å²) in [5.74, 6) is 0. The van der Waals surface area contributed by atoms with E-state index >= 15 is 0 Å². The summed E-state index contributed by atoms with van der Waals surface area (Å²) in [6.07, 6.45) is 0.666. The number of aliphatic hydroxyl groups excluding tert-OH is 1. The third-order valence-electron chi connectivity index (χ3n) is 3.00. The molecule has 2 atom stereocenters. The van der Waals surface area contributed by atoms with E-state index in [-0.39, 0.29) is 12.1 Å². The number of hydrogen-bond acceptors (Lipinski definition) is 3. The van der Waals surface area contributed by atoms with Gasteiger partial charge in [-0.3, -0.25) is 0 Å². The molecule has 88 valence electrons. The maximum Gasteiger partial charge on any atom is 0.0731 e. The fraction of sp³-hybridized carbons (Fsp3) is 0.500. The van der Waals surface area contributed by atoms with Crippen molar-refractivity contribution in [1.29, 1.82) is 0 Å². The van der Waals surface area contributed by atoms with Crippen molar-refractivity contribution in [2.45, 2.75) is 25.5 Å². The van der Waals surface area contributed by atoms with Gasteiger partial charge >= 0.3 is 0 Å². The number of aliphatic hydroxyl groups is 1. The summed E-state index contributed by atoms with van der Waals surface area (Å²) in [6.45, 7) is 3.62. The molecular weight excluding hydrogens is 268 g/mol. The lowest BCUT2D eigenvalue weighted by molar-refractivity contribution is 0.198. The molecule has 0 aliphatic carbocycles. The molecule has 3 nitrogen and oxygen atoms in total. The predicted molar refractivity (Wildman–Crippen MR) is 69.6 cm³/mol. The van der Waals surface area contributed by atoms with Crippen molar-refractivity contribution in [1.82, 2.24) is 0 Å². The van der Waals surface area contributed by atoms with E-state index in [2.05, 4.69) is 39.0 Å². The van der Waals surface area contributed by atoms with E-state index in [1.54, 1.807) is 0 Å². The largest absolute Gasteiger partial charge is 0.391 e. The normalized spacial score (nSPS) is 22.5. The average Bonchev–Trinajstić information content (AvgIpc) is 2.64. The second-order valence-corrected chi connectivity index (χ2v) is 5.24. The van der Waals surface area contributed by atoms with Gasteiger partial charge in [0.05, 0.1) is 6.10 Å². The molecule has 16 heavy (non-hydrogen) atoms. The molecule has 1 aliphatic heterocycles. The van der Waals surface area contributed by atoms with Gasteiger partial charge in [-0.05, 0) is 31.0 Å². The van der Waals surface area contributed by atoms with Crippen molar-refractivity contribution < 1.29 is 5.11 Å².